The molecule has 10 heteroatoms. The highest BCUT2D eigenvalue weighted by Gasteiger charge is 2.22. The number of carbonyl (C=O) groups is 1. The number of aromatic nitrogens is 4. The molecule has 134 valence electrons. The van der Waals surface area contributed by atoms with Gasteiger partial charge in [0.1, 0.15) is 12.1 Å². The molecule has 24 heavy (non-hydrogen) atoms. The molecule has 0 bridgehead atoms. The van der Waals surface area contributed by atoms with Crippen molar-refractivity contribution in [3.05, 3.63) is 18.1 Å². The summed E-state index contributed by atoms with van der Waals surface area (Å²) in [7, 11) is 0. The van der Waals surface area contributed by atoms with E-state index in [1.54, 1.807) is 4.52 Å². The Morgan fingerprint density at radius 3 is 2.62 bits per heavy atom. The quantitative estimate of drug-likeness (QED) is 0.843. The zero-order chi connectivity index (χ0) is 15.5. The summed E-state index contributed by atoms with van der Waals surface area (Å²) in [4.78, 5) is 24.7. The first-order chi connectivity index (χ1) is 10.7. The van der Waals surface area contributed by atoms with Gasteiger partial charge in [-0.3, -0.25) is 4.79 Å². The smallest absolute Gasteiger partial charge is 0.254 e. The van der Waals surface area contributed by atoms with Crippen LogP contribution in [0.2, 0.25) is 0 Å². The fraction of sp³-hybridized carbons (Fsp3) is 0.571. The van der Waals surface area contributed by atoms with Gasteiger partial charge >= 0.3 is 0 Å². The van der Waals surface area contributed by atoms with Gasteiger partial charge in [0, 0.05) is 44.4 Å². The molecule has 1 amide bonds. The summed E-state index contributed by atoms with van der Waals surface area (Å²) in [5.41, 5.74) is 6.37. The Balaban J connectivity index is 0.00000144. The van der Waals surface area contributed by atoms with Gasteiger partial charge in [0.15, 0.2) is 0 Å². The molecule has 1 aliphatic heterocycles. The molecule has 0 aliphatic carbocycles. The maximum atomic E-state index is 12.0. The van der Waals surface area contributed by atoms with E-state index in [-0.39, 0.29) is 30.7 Å². The van der Waals surface area contributed by atoms with E-state index < -0.39 is 0 Å². The van der Waals surface area contributed by atoms with Crippen molar-refractivity contribution in [2.75, 3.05) is 37.6 Å². The number of aryl methyl sites for hydroxylation is 1. The zero-order valence-corrected chi connectivity index (χ0v) is 15.2. The number of nitrogens with two attached hydrogens (primary N) is 1. The number of amides is 1. The van der Waals surface area contributed by atoms with Gasteiger partial charge < -0.3 is 15.5 Å². The van der Waals surface area contributed by atoms with Crippen molar-refractivity contribution in [1.29, 1.82) is 0 Å². The second-order valence-electron chi connectivity index (χ2n) is 5.49. The SMILES string of the molecule is Cc1cc(N2CCN(C(=O)CCCN)CC2)n2ncnc2n1.Cl.Cl. The Hall–Kier alpha value is -1.64. The fourth-order valence-electron chi connectivity index (χ4n) is 2.73. The van der Waals surface area contributed by atoms with Crippen LogP contribution in [0.5, 0.6) is 0 Å². The number of carbonyl (C=O) groups excluding carboxylic acids is 1. The van der Waals surface area contributed by atoms with Crippen LogP contribution < -0.4 is 10.6 Å². The second-order valence-corrected chi connectivity index (χ2v) is 5.49. The molecule has 2 aromatic rings. The molecule has 1 aliphatic rings. The summed E-state index contributed by atoms with van der Waals surface area (Å²) in [6.45, 7) is 5.53. The molecule has 3 rings (SSSR count). The van der Waals surface area contributed by atoms with Crippen molar-refractivity contribution in [1.82, 2.24) is 24.5 Å². The topological polar surface area (TPSA) is 92.7 Å². The number of hydrogen-bond acceptors (Lipinski definition) is 6. The third-order valence-electron chi connectivity index (χ3n) is 3.91. The van der Waals surface area contributed by atoms with Crippen LogP contribution >= 0.6 is 24.8 Å². The Bertz CT molecular complexity index is 670. The summed E-state index contributed by atoms with van der Waals surface area (Å²) in [6, 6.07) is 2.01. The normalized spacial score (nSPS) is 14.2. The Morgan fingerprint density at radius 1 is 1.25 bits per heavy atom. The standard InChI is InChI=1S/C14H21N7O.2ClH/c1-11-9-12(21-14(18-11)16-10-17-21)19-5-7-20(8-6-19)13(22)3-2-4-15;;/h9-10H,2-8,15H2,1H3;2*1H. The fourth-order valence-corrected chi connectivity index (χ4v) is 2.73. The van der Waals surface area contributed by atoms with E-state index in [0.29, 0.717) is 18.7 Å². The van der Waals surface area contributed by atoms with Gasteiger partial charge in [0.2, 0.25) is 5.91 Å². The first-order valence-corrected chi connectivity index (χ1v) is 7.59. The second kappa shape index (κ2) is 9.00. The largest absolute Gasteiger partial charge is 0.353 e. The van der Waals surface area contributed by atoms with E-state index in [1.807, 2.05) is 17.9 Å². The minimum atomic E-state index is 0. The minimum absolute atomic E-state index is 0. The summed E-state index contributed by atoms with van der Waals surface area (Å²) in [5, 5.41) is 4.24. The molecule has 2 aromatic heterocycles. The zero-order valence-electron chi connectivity index (χ0n) is 13.6. The number of halogens is 2. The number of nitrogens with zero attached hydrogens (tertiary/aromatic N) is 6. The molecule has 0 unspecified atom stereocenters. The molecular formula is C14H23Cl2N7O. The summed E-state index contributed by atoms with van der Waals surface area (Å²) in [5.74, 6) is 1.78. The molecule has 0 saturated carbocycles. The van der Waals surface area contributed by atoms with Crippen molar-refractivity contribution < 1.29 is 4.79 Å². The Labute approximate surface area is 153 Å². The monoisotopic (exact) mass is 375 g/mol. The number of rotatable bonds is 4. The van der Waals surface area contributed by atoms with E-state index in [0.717, 1.165) is 44.1 Å². The predicted molar refractivity (Wildman–Crippen MR) is 97.1 cm³/mol. The Kier molecular flexibility index (Phi) is 7.65. The lowest BCUT2D eigenvalue weighted by atomic mass is 10.2. The lowest BCUT2D eigenvalue weighted by Gasteiger charge is -2.36. The van der Waals surface area contributed by atoms with Gasteiger partial charge in [-0.25, -0.2) is 4.98 Å². The van der Waals surface area contributed by atoms with Crippen molar-refractivity contribution in [2.45, 2.75) is 19.8 Å². The Morgan fingerprint density at radius 2 is 1.96 bits per heavy atom. The number of hydrogen-bond donors (Lipinski definition) is 1. The van der Waals surface area contributed by atoms with Crippen LogP contribution in [0, 0.1) is 6.92 Å². The van der Waals surface area contributed by atoms with Gasteiger partial charge in [0.05, 0.1) is 0 Å². The molecule has 2 N–H and O–H groups in total. The van der Waals surface area contributed by atoms with Crippen LogP contribution in [-0.4, -0.2) is 63.1 Å². The maximum Gasteiger partial charge on any atom is 0.254 e. The van der Waals surface area contributed by atoms with Gasteiger partial charge in [0.25, 0.3) is 5.78 Å². The van der Waals surface area contributed by atoms with Crippen LogP contribution in [0.3, 0.4) is 0 Å². The van der Waals surface area contributed by atoms with E-state index >= 15 is 0 Å². The molecule has 1 fully saturated rings. The predicted octanol–water partition coefficient (Wildman–Crippen LogP) is 0.664. The molecule has 3 heterocycles. The summed E-state index contributed by atoms with van der Waals surface area (Å²) in [6.07, 6.45) is 2.80. The molecule has 0 atom stereocenters. The summed E-state index contributed by atoms with van der Waals surface area (Å²) >= 11 is 0. The molecule has 8 nitrogen and oxygen atoms in total. The van der Waals surface area contributed by atoms with Crippen molar-refractivity contribution in [3.63, 3.8) is 0 Å². The van der Waals surface area contributed by atoms with Crippen LogP contribution in [0.1, 0.15) is 18.5 Å². The van der Waals surface area contributed by atoms with E-state index in [9.17, 15) is 4.79 Å². The lowest BCUT2D eigenvalue weighted by Crippen LogP contribution is -2.49. The average molecular weight is 376 g/mol. The van der Waals surface area contributed by atoms with Gasteiger partial charge in [-0.05, 0) is 19.9 Å². The maximum absolute atomic E-state index is 12.0. The van der Waals surface area contributed by atoms with Gasteiger partial charge in [-0.2, -0.15) is 14.6 Å². The average Bonchev–Trinajstić information content (AvgIpc) is 3.00. The molecule has 0 spiro atoms. The summed E-state index contributed by atoms with van der Waals surface area (Å²) < 4.78 is 1.75. The molecule has 0 aromatic carbocycles. The number of anilines is 1. The highest BCUT2D eigenvalue weighted by atomic mass is 35.5. The van der Waals surface area contributed by atoms with Gasteiger partial charge in [-0.15, -0.1) is 24.8 Å². The van der Waals surface area contributed by atoms with Crippen molar-refractivity contribution >= 4 is 42.3 Å². The van der Waals surface area contributed by atoms with Crippen LogP contribution in [0.4, 0.5) is 5.82 Å². The van der Waals surface area contributed by atoms with E-state index in [2.05, 4.69) is 20.0 Å². The van der Waals surface area contributed by atoms with E-state index in [4.69, 9.17) is 5.73 Å². The van der Waals surface area contributed by atoms with Crippen molar-refractivity contribution in [2.24, 2.45) is 5.73 Å². The lowest BCUT2D eigenvalue weighted by molar-refractivity contribution is -0.131. The molecule has 1 saturated heterocycles. The van der Waals surface area contributed by atoms with E-state index in [1.165, 1.54) is 6.33 Å². The van der Waals surface area contributed by atoms with Crippen molar-refractivity contribution in [3.8, 4) is 0 Å². The minimum Gasteiger partial charge on any atom is -0.353 e. The van der Waals surface area contributed by atoms with Crippen LogP contribution in [0.15, 0.2) is 12.4 Å². The highest BCUT2D eigenvalue weighted by molar-refractivity contribution is 5.85. The first kappa shape index (κ1) is 20.4. The first-order valence-electron chi connectivity index (χ1n) is 7.59. The van der Waals surface area contributed by atoms with Gasteiger partial charge in [-0.1, -0.05) is 0 Å². The number of fused-ring (bicyclic) bond motifs is 1. The van der Waals surface area contributed by atoms with Crippen LogP contribution in [-0.2, 0) is 4.79 Å². The third kappa shape index (κ3) is 4.25. The molecular weight excluding hydrogens is 353 g/mol. The highest BCUT2D eigenvalue weighted by Crippen LogP contribution is 2.18. The van der Waals surface area contributed by atoms with Crippen LogP contribution in [0.25, 0.3) is 5.78 Å². The molecule has 0 radical (unpaired) electrons. The third-order valence-corrected chi connectivity index (χ3v) is 3.91. The number of piperazine rings is 1.